The lowest BCUT2D eigenvalue weighted by atomic mass is 10.0. The maximum Gasteiger partial charge on any atom is 0.140 e. The summed E-state index contributed by atoms with van der Waals surface area (Å²) >= 11 is 6.33. The topological polar surface area (TPSA) is 50.5 Å². The molecule has 2 aliphatic rings. The van der Waals surface area contributed by atoms with E-state index in [9.17, 15) is 5.11 Å². The Labute approximate surface area is 188 Å². The summed E-state index contributed by atoms with van der Waals surface area (Å²) in [5, 5.41) is 15.3. The summed E-state index contributed by atoms with van der Waals surface area (Å²) < 4.78 is 8.49. The van der Waals surface area contributed by atoms with Crippen molar-refractivity contribution in [3.8, 4) is 16.9 Å². The number of hydrogen-bond donors (Lipinski definition) is 1. The van der Waals surface area contributed by atoms with Crippen molar-refractivity contribution >= 4 is 11.6 Å². The fourth-order valence-corrected chi connectivity index (χ4v) is 5.31. The number of halogens is 1. The van der Waals surface area contributed by atoms with Gasteiger partial charge in [0, 0.05) is 36.4 Å². The summed E-state index contributed by atoms with van der Waals surface area (Å²) in [6.07, 6.45) is 1.37. The number of aliphatic hydroxyl groups is 1. The van der Waals surface area contributed by atoms with Crippen LogP contribution in [0.2, 0.25) is 5.02 Å². The minimum atomic E-state index is -0.252. The molecule has 3 aromatic rings. The van der Waals surface area contributed by atoms with Crippen LogP contribution in [0.5, 0.6) is 5.75 Å². The Hall–Kier alpha value is -2.34. The standard InChI is InChI=1S/C25H28ClN3O2/c1-15-24(16(2)28(3)27-15)17-5-8-21(9-6-17)31-25-22-13-19(26)7-4-18(22)12-23(25)29-11-10-20(30)14-29/h4-9,13,20,23,25,30H,10-12,14H2,1-3H3/t20?,23-,25-/m0/s1. The normalized spacial score (nSPS) is 23.3. The second-order valence-electron chi connectivity index (χ2n) is 8.78. The molecule has 1 saturated heterocycles. The minimum absolute atomic E-state index is 0.105. The van der Waals surface area contributed by atoms with Gasteiger partial charge in [-0.1, -0.05) is 29.8 Å². The molecule has 1 aliphatic heterocycles. The molecule has 5 nitrogen and oxygen atoms in total. The highest BCUT2D eigenvalue weighted by Crippen LogP contribution is 2.40. The molecule has 31 heavy (non-hydrogen) atoms. The van der Waals surface area contributed by atoms with Crippen LogP contribution in [-0.2, 0) is 13.5 Å². The first kappa shape index (κ1) is 20.6. The van der Waals surface area contributed by atoms with E-state index in [1.54, 1.807) is 0 Å². The molecule has 5 rings (SSSR count). The maximum absolute atomic E-state index is 10.1. The number of benzene rings is 2. The molecule has 1 aromatic heterocycles. The molecule has 0 radical (unpaired) electrons. The molecule has 6 heteroatoms. The smallest absolute Gasteiger partial charge is 0.140 e. The van der Waals surface area contributed by atoms with Crippen molar-refractivity contribution in [1.82, 2.24) is 14.7 Å². The van der Waals surface area contributed by atoms with E-state index in [0.29, 0.717) is 6.54 Å². The average Bonchev–Trinajstić information content (AvgIpc) is 3.39. The number of nitrogens with zero attached hydrogens (tertiary/aromatic N) is 3. The third-order valence-electron chi connectivity index (χ3n) is 6.77. The summed E-state index contributed by atoms with van der Waals surface area (Å²) in [6, 6.07) is 14.6. The second kappa shape index (κ2) is 7.97. The summed E-state index contributed by atoms with van der Waals surface area (Å²) in [5.74, 6) is 0.838. The van der Waals surface area contributed by atoms with E-state index < -0.39 is 0 Å². The molecule has 0 bridgehead atoms. The van der Waals surface area contributed by atoms with Crippen LogP contribution in [0.4, 0.5) is 0 Å². The SMILES string of the molecule is Cc1nn(C)c(C)c1-c1ccc(O[C@H]2c3cc(Cl)ccc3C[C@@H]2N2CCC(O)C2)cc1. The van der Waals surface area contributed by atoms with Crippen LogP contribution in [0.1, 0.15) is 35.0 Å². The van der Waals surface area contributed by atoms with Crippen LogP contribution in [0.3, 0.4) is 0 Å². The van der Waals surface area contributed by atoms with E-state index in [0.717, 1.165) is 52.7 Å². The summed E-state index contributed by atoms with van der Waals surface area (Å²) in [6.45, 7) is 5.73. The van der Waals surface area contributed by atoms with E-state index in [2.05, 4.69) is 35.1 Å². The van der Waals surface area contributed by atoms with Gasteiger partial charge in [0.05, 0.1) is 17.8 Å². The quantitative estimate of drug-likeness (QED) is 0.654. The number of aliphatic hydroxyl groups excluding tert-OH is 1. The zero-order valence-electron chi connectivity index (χ0n) is 18.2. The highest BCUT2D eigenvalue weighted by atomic mass is 35.5. The predicted octanol–water partition coefficient (Wildman–Crippen LogP) is 4.47. The molecule has 0 amide bonds. The van der Waals surface area contributed by atoms with Crippen LogP contribution < -0.4 is 4.74 Å². The number of β-amino-alcohol motifs (C(OH)–C–C–N with tert-alkyl or cyclic N) is 1. The molecule has 0 spiro atoms. The zero-order valence-corrected chi connectivity index (χ0v) is 18.9. The van der Waals surface area contributed by atoms with Gasteiger partial charge in [-0.3, -0.25) is 9.58 Å². The van der Waals surface area contributed by atoms with Crippen molar-refractivity contribution in [1.29, 1.82) is 0 Å². The lowest BCUT2D eigenvalue weighted by Crippen LogP contribution is -2.39. The average molecular weight is 438 g/mol. The summed E-state index contributed by atoms with van der Waals surface area (Å²) in [4.78, 5) is 2.36. The molecule has 2 heterocycles. The van der Waals surface area contributed by atoms with Gasteiger partial charge < -0.3 is 9.84 Å². The van der Waals surface area contributed by atoms with Gasteiger partial charge >= 0.3 is 0 Å². The van der Waals surface area contributed by atoms with E-state index >= 15 is 0 Å². The molecule has 1 fully saturated rings. The number of likely N-dealkylation sites (tertiary alicyclic amines) is 1. The van der Waals surface area contributed by atoms with E-state index in [-0.39, 0.29) is 18.2 Å². The fourth-order valence-electron chi connectivity index (χ4n) is 5.13. The Kier molecular flexibility index (Phi) is 5.29. The van der Waals surface area contributed by atoms with Gasteiger partial charge in [-0.15, -0.1) is 0 Å². The fraction of sp³-hybridized carbons (Fsp3) is 0.400. The molecular formula is C25H28ClN3O2. The van der Waals surface area contributed by atoms with E-state index in [1.165, 1.54) is 11.1 Å². The Morgan fingerprint density at radius 2 is 1.90 bits per heavy atom. The summed E-state index contributed by atoms with van der Waals surface area (Å²) in [7, 11) is 1.97. The first-order valence-corrected chi connectivity index (χ1v) is 11.3. The number of fused-ring (bicyclic) bond motifs is 1. The number of hydrogen-bond acceptors (Lipinski definition) is 4. The number of rotatable bonds is 4. The van der Waals surface area contributed by atoms with Gasteiger partial charge in [-0.25, -0.2) is 0 Å². The lowest BCUT2D eigenvalue weighted by molar-refractivity contribution is 0.0818. The Morgan fingerprint density at radius 1 is 1.13 bits per heavy atom. The predicted molar refractivity (Wildman–Crippen MR) is 123 cm³/mol. The Morgan fingerprint density at radius 3 is 2.55 bits per heavy atom. The van der Waals surface area contributed by atoms with Crippen molar-refractivity contribution in [3.63, 3.8) is 0 Å². The third-order valence-corrected chi connectivity index (χ3v) is 7.01. The van der Waals surface area contributed by atoms with Crippen LogP contribution in [0.15, 0.2) is 42.5 Å². The van der Waals surface area contributed by atoms with Crippen molar-refractivity contribution in [2.75, 3.05) is 13.1 Å². The van der Waals surface area contributed by atoms with Crippen molar-refractivity contribution in [2.24, 2.45) is 7.05 Å². The van der Waals surface area contributed by atoms with Crippen molar-refractivity contribution in [2.45, 2.75) is 44.9 Å². The van der Waals surface area contributed by atoms with Crippen molar-refractivity contribution < 1.29 is 9.84 Å². The third kappa shape index (κ3) is 3.75. The zero-order chi connectivity index (χ0) is 21.7. The number of aryl methyl sites for hydroxylation is 2. The minimum Gasteiger partial charge on any atom is -0.484 e. The van der Waals surface area contributed by atoms with Crippen LogP contribution in [-0.4, -0.2) is 45.0 Å². The molecule has 162 valence electrons. The number of aromatic nitrogens is 2. The largest absolute Gasteiger partial charge is 0.484 e. The van der Waals surface area contributed by atoms with Gasteiger partial charge in [0.1, 0.15) is 11.9 Å². The molecule has 1 unspecified atom stereocenters. The Balaban J connectivity index is 1.43. The van der Waals surface area contributed by atoms with Gasteiger partial charge in [-0.2, -0.15) is 5.10 Å². The van der Waals surface area contributed by atoms with Crippen LogP contribution in [0, 0.1) is 13.8 Å². The highest BCUT2D eigenvalue weighted by Gasteiger charge is 2.40. The maximum atomic E-state index is 10.1. The molecule has 3 atom stereocenters. The molecular weight excluding hydrogens is 410 g/mol. The molecule has 0 saturated carbocycles. The molecule has 2 aromatic carbocycles. The van der Waals surface area contributed by atoms with Gasteiger partial charge in [0.2, 0.25) is 0 Å². The van der Waals surface area contributed by atoms with Gasteiger partial charge in [-0.05, 0) is 67.6 Å². The first-order chi connectivity index (χ1) is 14.9. The van der Waals surface area contributed by atoms with Crippen molar-refractivity contribution in [3.05, 3.63) is 70.0 Å². The Bertz CT molecular complexity index is 1110. The van der Waals surface area contributed by atoms with Crippen LogP contribution >= 0.6 is 11.6 Å². The second-order valence-corrected chi connectivity index (χ2v) is 9.22. The molecule has 1 N–H and O–H groups in total. The van der Waals surface area contributed by atoms with E-state index in [1.807, 2.05) is 42.9 Å². The lowest BCUT2D eigenvalue weighted by Gasteiger charge is -2.30. The molecule has 1 aliphatic carbocycles. The van der Waals surface area contributed by atoms with Gasteiger partial charge in [0.25, 0.3) is 0 Å². The summed E-state index contributed by atoms with van der Waals surface area (Å²) in [5.41, 5.74) is 6.93. The monoisotopic (exact) mass is 437 g/mol. The van der Waals surface area contributed by atoms with E-state index in [4.69, 9.17) is 16.3 Å². The van der Waals surface area contributed by atoms with Gasteiger partial charge in [0.15, 0.2) is 0 Å². The van der Waals surface area contributed by atoms with Crippen LogP contribution in [0.25, 0.3) is 11.1 Å². The highest BCUT2D eigenvalue weighted by molar-refractivity contribution is 6.30. The number of ether oxygens (including phenoxy) is 1. The first-order valence-electron chi connectivity index (χ1n) is 10.9.